The van der Waals surface area contributed by atoms with Gasteiger partial charge in [0.25, 0.3) is 0 Å². The lowest BCUT2D eigenvalue weighted by molar-refractivity contribution is 0.315. The molecular weight excluding hydrogens is 320 g/mol. The Morgan fingerprint density at radius 3 is 2.73 bits per heavy atom. The lowest BCUT2D eigenvalue weighted by Gasteiger charge is -2.30. The van der Waals surface area contributed by atoms with E-state index in [1.54, 1.807) is 40.5 Å². The van der Waals surface area contributed by atoms with E-state index < -0.39 is 10.0 Å². The van der Waals surface area contributed by atoms with Crippen LogP contribution in [0.3, 0.4) is 0 Å². The number of piperidine rings is 1. The summed E-state index contributed by atoms with van der Waals surface area (Å²) in [5.41, 5.74) is 0.551. The maximum atomic E-state index is 12.9. The van der Waals surface area contributed by atoms with Gasteiger partial charge < -0.3 is 0 Å². The molecule has 1 fully saturated rings. The Kier molecular flexibility index (Phi) is 4.09. The van der Waals surface area contributed by atoms with Crippen LogP contribution >= 0.6 is 11.3 Å². The predicted octanol–water partition coefficient (Wildman–Crippen LogP) is 2.06. The predicted molar refractivity (Wildman–Crippen MR) is 85.5 cm³/mol. The molecule has 0 radical (unpaired) electrons. The van der Waals surface area contributed by atoms with Crippen molar-refractivity contribution in [2.45, 2.75) is 37.5 Å². The fourth-order valence-corrected chi connectivity index (χ4v) is 5.52. The minimum absolute atomic E-state index is 0.194. The molecule has 0 spiro atoms. The van der Waals surface area contributed by atoms with Gasteiger partial charge in [0.05, 0.1) is 10.7 Å². The molecule has 6 nitrogen and oxygen atoms in total. The Morgan fingerprint density at radius 1 is 1.36 bits per heavy atom. The van der Waals surface area contributed by atoms with Crippen molar-refractivity contribution in [3.05, 3.63) is 28.0 Å². The van der Waals surface area contributed by atoms with Crippen molar-refractivity contribution in [1.82, 2.24) is 19.1 Å². The van der Waals surface area contributed by atoms with Crippen LogP contribution in [0.15, 0.2) is 17.3 Å². The average Bonchev–Trinajstić information content (AvgIpc) is 3.05. The highest BCUT2D eigenvalue weighted by molar-refractivity contribution is 7.89. The molecule has 2 aromatic rings. The van der Waals surface area contributed by atoms with Crippen molar-refractivity contribution in [2.75, 3.05) is 13.1 Å². The molecule has 22 heavy (non-hydrogen) atoms. The van der Waals surface area contributed by atoms with Gasteiger partial charge in [0.2, 0.25) is 10.0 Å². The number of nitrogens with zero attached hydrogens (tertiary/aromatic N) is 4. The molecule has 120 valence electrons. The number of sulfonamides is 1. The van der Waals surface area contributed by atoms with Gasteiger partial charge in [-0.1, -0.05) is 0 Å². The fraction of sp³-hybridized carbons (Fsp3) is 0.571. The van der Waals surface area contributed by atoms with Crippen molar-refractivity contribution in [2.24, 2.45) is 7.05 Å². The molecule has 0 saturated carbocycles. The third-order valence-corrected chi connectivity index (χ3v) is 7.00. The van der Waals surface area contributed by atoms with E-state index in [9.17, 15) is 8.42 Å². The highest BCUT2D eigenvalue weighted by Crippen LogP contribution is 2.32. The molecule has 1 saturated heterocycles. The first-order valence-electron chi connectivity index (χ1n) is 7.30. The van der Waals surface area contributed by atoms with E-state index in [2.05, 4.69) is 10.1 Å². The molecular formula is C14H20N4O2S2. The maximum absolute atomic E-state index is 12.9. The second-order valence-electron chi connectivity index (χ2n) is 5.76. The van der Waals surface area contributed by atoms with E-state index >= 15 is 0 Å². The van der Waals surface area contributed by atoms with Crippen LogP contribution in [-0.2, 0) is 17.1 Å². The monoisotopic (exact) mass is 340 g/mol. The molecule has 8 heteroatoms. The van der Waals surface area contributed by atoms with Crippen LogP contribution < -0.4 is 0 Å². The zero-order valence-electron chi connectivity index (χ0n) is 13.0. The first-order valence-corrected chi connectivity index (χ1v) is 9.56. The number of thiazole rings is 1. The van der Waals surface area contributed by atoms with Crippen molar-refractivity contribution in [3.8, 4) is 0 Å². The lowest BCUT2D eigenvalue weighted by Crippen LogP contribution is -2.39. The van der Waals surface area contributed by atoms with Gasteiger partial charge in [0, 0.05) is 43.3 Å². The summed E-state index contributed by atoms with van der Waals surface area (Å²) in [6, 6.07) is 0. The van der Waals surface area contributed by atoms with Crippen molar-refractivity contribution >= 4 is 21.4 Å². The molecule has 0 amide bonds. The molecule has 3 rings (SSSR count). The highest BCUT2D eigenvalue weighted by atomic mass is 32.2. The van der Waals surface area contributed by atoms with E-state index in [4.69, 9.17) is 0 Å². The molecule has 0 aliphatic carbocycles. The number of hydrogen-bond acceptors (Lipinski definition) is 5. The number of aryl methyl sites for hydroxylation is 3. The third kappa shape index (κ3) is 2.82. The van der Waals surface area contributed by atoms with Crippen LogP contribution in [-0.4, -0.2) is 40.6 Å². The van der Waals surface area contributed by atoms with Crippen LogP contribution in [0.1, 0.15) is 34.3 Å². The molecule has 3 heterocycles. The van der Waals surface area contributed by atoms with Crippen molar-refractivity contribution in [1.29, 1.82) is 0 Å². The maximum Gasteiger partial charge on any atom is 0.246 e. The van der Waals surface area contributed by atoms with Gasteiger partial charge in [-0.2, -0.15) is 9.40 Å². The number of hydrogen-bond donors (Lipinski definition) is 0. The Morgan fingerprint density at radius 2 is 2.14 bits per heavy atom. The van der Waals surface area contributed by atoms with Gasteiger partial charge in [0.15, 0.2) is 0 Å². The summed E-state index contributed by atoms with van der Waals surface area (Å²) >= 11 is 1.66. The molecule has 2 aromatic heterocycles. The van der Waals surface area contributed by atoms with Gasteiger partial charge in [0.1, 0.15) is 4.90 Å². The van der Waals surface area contributed by atoms with Crippen molar-refractivity contribution < 1.29 is 8.42 Å². The average molecular weight is 340 g/mol. The van der Waals surface area contributed by atoms with E-state index in [0.29, 0.717) is 23.7 Å². The highest BCUT2D eigenvalue weighted by Gasteiger charge is 2.33. The topological polar surface area (TPSA) is 68.1 Å². The van der Waals surface area contributed by atoms with Gasteiger partial charge in [-0.15, -0.1) is 11.3 Å². The van der Waals surface area contributed by atoms with E-state index in [1.165, 1.54) is 0 Å². The normalized spacial score (nSPS) is 20.4. The zero-order chi connectivity index (χ0) is 15.9. The minimum Gasteiger partial charge on any atom is -0.274 e. The molecule has 1 aliphatic rings. The van der Waals surface area contributed by atoms with E-state index in [0.717, 1.165) is 22.7 Å². The fourth-order valence-electron chi connectivity index (χ4n) is 2.89. The smallest absolute Gasteiger partial charge is 0.246 e. The van der Waals surface area contributed by atoms with Gasteiger partial charge >= 0.3 is 0 Å². The standard InChI is InChI=1S/C14H20N4O2S2/c1-10-7-15-14(21-10)12-5-4-6-18(8-12)22(19,20)13-9-17(3)16-11(13)2/h7,9,12H,4-6,8H2,1-3H3/t12-/m1/s1. The van der Waals surface area contributed by atoms with Crippen LogP contribution in [0, 0.1) is 13.8 Å². The summed E-state index contributed by atoms with van der Waals surface area (Å²) in [6.45, 7) is 4.83. The SMILES string of the molecule is Cc1cnc([C@@H]2CCCN(S(=O)(=O)c3cn(C)nc3C)C2)s1. The molecule has 1 aliphatic heterocycles. The molecule has 1 atom stereocenters. The summed E-state index contributed by atoms with van der Waals surface area (Å²) in [4.78, 5) is 5.91. The van der Waals surface area contributed by atoms with Crippen molar-refractivity contribution in [3.63, 3.8) is 0 Å². The quantitative estimate of drug-likeness (QED) is 0.858. The molecule has 0 bridgehead atoms. The van der Waals surface area contributed by atoms with Crippen LogP contribution in [0.4, 0.5) is 0 Å². The van der Waals surface area contributed by atoms with Crippen LogP contribution in [0.2, 0.25) is 0 Å². The van der Waals surface area contributed by atoms with E-state index in [1.807, 2.05) is 13.1 Å². The van der Waals surface area contributed by atoms with Crippen LogP contribution in [0.25, 0.3) is 0 Å². The molecule has 0 N–H and O–H groups in total. The zero-order valence-corrected chi connectivity index (χ0v) is 14.6. The van der Waals surface area contributed by atoms with Crippen LogP contribution in [0.5, 0.6) is 0 Å². The number of aromatic nitrogens is 3. The Bertz CT molecular complexity index is 779. The first-order chi connectivity index (χ1) is 10.4. The van der Waals surface area contributed by atoms with E-state index in [-0.39, 0.29) is 5.92 Å². The summed E-state index contributed by atoms with van der Waals surface area (Å²) < 4.78 is 28.9. The largest absolute Gasteiger partial charge is 0.274 e. The third-order valence-electron chi connectivity index (χ3n) is 3.96. The second-order valence-corrected chi connectivity index (χ2v) is 8.94. The summed E-state index contributed by atoms with van der Waals surface area (Å²) in [5, 5.41) is 5.20. The second kappa shape index (κ2) is 5.75. The van der Waals surface area contributed by atoms with Gasteiger partial charge in [-0.3, -0.25) is 4.68 Å². The minimum atomic E-state index is -3.48. The first kappa shape index (κ1) is 15.6. The lowest BCUT2D eigenvalue weighted by atomic mass is 10.0. The Balaban J connectivity index is 1.86. The molecule has 0 aromatic carbocycles. The Hall–Kier alpha value is -1.25. The number of rotatable bonds is 3. The summed E-state index contributed by atoms with van der Waals surface area (Å²) in [7, 11) is -1.74. The Labute approximate surface area is 134 Å². The van der Waals surface area contributed by atoms with Gasteiger partial charge in [-0.25, -0.2) is 13.4 Å². The molecule has 0 unspecified atom stereocenters. The van der Waals surface area contributed by atoms with Gasteiger partial charge in [-0.05, 0) is 26.7 Å². The summed E-state index contributed by atoms with van der Waals surface area (Å²) in [6.07, 6.45) is 5.30. The summed E-state index contributed by atoms with van der Waals surface area (Å²) in [5.74, 6) is 0.194.